The largest absolute Gasteiger partial charge is 0.481 e. The molecule has 2 rings (SSSR count). The first-order chi connectivity index (χ1) is 8.97. The van der Waals surface area contributed by atoms with E-state index in [-0.39, 0.29) is 22.9 Å². The van der Waals surface area contributed by atoms with E-state index in [0.29, 0.717) is 0 Å². The van der Waals surface area contributed by atoms with Crippen LogP contribution in [0.5, 0.6) is 0 Å². The molecule has 2 aromatic heterocycles. The molecule has 0 amide bonds. The maximum absolute atomic E-state index is 12.7. The summed E-state index contributed by atoms with van der Waals surface area (Å²) in [6.07, 6.45) is 0.446. The topological polar surface area (TPSA) is 122 Å². The van der Waals surface area contributed by atoms with E-state index in [1.807, 2.05) is 0 Å². The SMILES string of the molecule is Nc1nc(-c2ccc(F)cn2)[nH]c(=O)c1CC(=O)O. The van der Waals surface area contributed by atoms with E-state index in [9.17, 15) is 14.0 Å². The lowest BCUT2D eigenvalue weighted by atomic mass is 10.2. The van der Waals surface area contributed by atoms with Crippen LogP contribution >= 0.6 is 0 Å². The summed E-state index contributed by atoms with van der Waals surface area (Å²) in [6, 6.07) is 2.48. The molecule has 0 atom stereocenters. The van der Waals surface area contributed by atoms with Crippen LogP contribution in [0.2, 0.25) is 0 Å². The number of carbonyl (C=O) groups is 1. The Morgan fingerprint density at radius 3 is 2.74 bits per heavy atom. The maximum atomic E-state index is 12.7. The highest BCUT2D eigenvalue weighted by Crippen LogP contribution is 2.13. The van der Waals surface area contributed by atoms with Crippen LogP contribution in [0.4, 0.5) is 10.2 Å². The summed E-state index contributed by atoms with van der Waals surface area (Å²) in [6.45, 7) is 0. The number of hydrogen-bond donors (Lipinski definition) is 3. The third-order valence-corrected chi connectivity index (χ3v) is 2.35. The number of aromatic nitrogens is 3. The van der Waals surface area contributed by atoms with Crippen LogP contribution in [-0.4, -0.2) is 26.0 Å². The van der Waals surface area contributed by atoms with Crippen LogP contribution in [0.3, 0.4) is 0 Å². The van der Waals surface area contributed by atoms with Crippen molar-refractivity contribution in [2.45, 2.75) is 6.42 Å². The number of nitrogens with zero attached hydrogens (tertiary/aromatic N) is 2. The number of hydrogen-bond acceptors (Lipinski definition) is 5. The normalized spacial score (nSPS) is 10.4. The van der Waals surface area contributed by atoms with Crippen molar-refractivity contribution in [2.75, 3.05) is 5.73 Å². The van der Waals surface area contributed by atoms with Gasteiger partial charge >= 0.3 is 5.97 Å². The molecule has 8 heteroatoms. The molecular formula is C11H9FN4O3. The van der Waals surface area contributed by atoms with E-state index >= 15 is 0 Å². The third-order valence-electron chi connectivity index (χ3n) is 2.35. The van der Waals surface area contributed by atoms with Gasteiger partial charge < -0.3 is 15.8 Å². The number of rotatable bonds is 3. The fourth-order valence-electron chi connectivity index (χ4n) is 1.47. The molecule has 0 spiro atoms. The molecule has 0 fully saturated rings. The molecule has 0 bridgehead atoms. The van der Waals surface area contributed by atoms with Crippen LogP contribution in [0.25, 0.3) is 11.5 Å². The lowest BCUT2D eigenvalue weighted by molar-refractivity contribution is -0.136. The second-order valence-corrected chi connectivity index (χ2v) is 3.71. The number of aromatic amines is 1. The molecule has 98 valence electrons. The predicted octanol–water partition coefficient (Wildman–Crippen LogP) is 0.180. The van der Waals surface area contributed by atoms with Gasteiger partial charge in [-0.2, -0.15) is 0 Å². The first-order valence-corrected chi connectivity index (χ1v) is 5.19. The first-order valence-electron chi connectivity index (χ1n) is 5.19. The molecule has 0 aliphatic rings. The molecule has 7 nitrogen and oxygen atoms in total. The fraction of sp³-hybridized carbons (Fsp3) is 0.0909. The number of H-pyrrole nitrogens is 1. The zero-order valence-corrected chi connectivity index (χ0v) is 9.55. The van der Waals surface area contributed by atoms with E-state index in [0.717, 1.165) is 12.3 Å². The van der Waals surface area contributed by atoms with Crippen molar-refractivity contribution in [3.8, 4) is 11.5 Å². The van der Waals surface area contributed by atoms with Gasteiger partial charge in [-0.25, -0.2) is 14.4 Å². The molecule has 0 unspecified atom stereocenters. The van der Waals surface area contributed by atoms with Crippen molar-refractivity contribution in [2.24, 2.45) is 0 Å². The van der Waals surface area contributed by atoms with Crippen molar-refractivity contribution >= 4 is 11.8 Å². The minimum Gasteiger partial charge on any atom is -0.481 e. The number of carboxylic acids is 1. The van der Waals surface area contributed by atoms with Gasteiger partial charge in [-0.15, -0.1) is 0 Å². The van der Waals surface area contributed by atoms with E-state index in [1.165, 1.54) is 6.07 Å². The van der Waals surface area contributed by atoms with Crippen molar-refractivity contribution < 1.29 is 14.3 Å². The number of nitrogen functional groups attached to an aromatic ring is 1. The predicted molar refractivity (Wildman–Crippen MR) is 63.8 cm³/mol. The Labute approximate surface area is 106 Å². The van der Waals surface area contributed by atoms with Crippen molar-refractivity contribution in [3.05, 3.63) is 40.1 Å². The lowest BCUT2D eigenvalue weighted by Crippen LogP contribution is -2.21. The Morgan fingerprint density at radius 1 is 1.47 bits per heavy atom. The van der Waals surface area contributed by atoms with Gasteiger partial charge in [0, 0.05) is 0 Å². The molecule has 0 radical (unpaired) electrons. The van der Waals surface area contributed by atoms with E-state index in [4.69, 9.17) is 10.8 Å². The maximum Gasteiger partial charge on any atom is 0.308 e. The van der Waals surface area contributed by atoms with Gasteiger partial charge in [-0.05, 0) is 12.1 Å². The van der Waals surface area contributed by atoms with Gasteiger partial charge in [-0.1, -0.05) is 0 Å². The smallest absolute Gasteiger partial charge is 0.308 e. The van der Waals surface area contributed by atoms with Crippen LogP contribution in [0.15, 0.2) is 23.1 Å². The second-order valence-electron chi connectivity index (χ2n) is 3.71. The monoisotopic (exact) mass is 264 g/mol. The zero-order chi connectivity index (χ0) is 14.0. The van der Waals surface area contributed by atoms with Gasteiger partial charge in [0.05, 0.1) is 18.2 Å². The summed E-state index contributed by atoms with van der Waals surface area (Å²) in [5, 5.41) is 8.64. The van der Waals surface area contributed by atoms with Gasteiger partial charge in [0.1, 0.15) is 17.3 Å². The van der Waals surface area contributed by atoms with Crippen molar-refractivity contribution in [1.29, 1.82) is 0 Å². The number of anilines is 1. The standard InChI is InChI=1S/C11H9FN4O3/c12-5-1-2-7(14-4-5)10-15-9(13)6(3-8(17)18)11(19)16-10/h1-2,4H,3H2,(H,17,18)(H3,13,15,16,19). The minimum atomic E-state index is -1.19. The summed E-state index contributed by atoms with van der Waals surface area (Å²) in [5.74, 6) is -1.85. The van der Waals surface area contributed by atoms with Crippen LogP contribution in [-0.2, 0) is 11.2 Å². The molecule has 2 heterocycles. The van der Waals surface area contributed by atoms with Gasteiger partial charge in [0.15, 0.2) is 5.82 Å². The summed E-state index contributed by atoms with van der Waals surface area (Å²) < 4.78 is 12.7. The average molecular weight is 264 g/mol. The molecule has 0 aliphatic heterocycles. The molecule has 0 saturated heterocycles. The Morgan fingerprint density at radius 2 is 2.21 bits per heavy atom. The third kappa shape index (κ3) is 2.73. The minimum absolute atomic E-state index is 0.0524. The summed E-state index contributed by atoms with van der Waals surface area (Å²) >= 11 is 0. The highest BCUT2D eigenvalue weighted by molar-refractivity contribution is 5.72. The molecule has 0 aromatic carbocycles. The quantitative estimate of drug-likeness (QED) is 0.726. The highest BCUT2D eigenvalue weighted by Gasteiger charge is 2.13. The number of nitrogens with two attached hydrogens (primary N) is 1. The molecular weight excluding hydrogens is 255 g/mol. The summed E-state index contributed by atoms with van der Waals surface area (Å²) in [7, 11) is 0. The molecule has 0 saturated carbocycles. The van der Waals surface area contributed by atoms with Gasteiger partial charge in [0.25, 0.3) is 5.56 Å². The van der Waals surface area contributed by atoms with Crippen LogP contribution in [0.1, 0.15) is 5.56 Å². The van der Waals surface area contributed by atoms with E-state index in [1.54, 1.807) is 0 Å². The number of pyridine rings is 1. The molecule has 0 aliphatic carbocycles. The van der Waals surface area contributed by atoms with Crippen molar-refractivity contribution in [1.82, 2.24) is 15.0 Å². The van der Waals surface area contributed by atoms with Crippen LogP contribution < -0.4 is 11.3 Å². The Bertz CT molecular complexity index is 681. The lowest BCUT2D eigenvalue weighted by Gasteiger charge is -2.04. The number of carboxylic acid groups (broad SMARTS) is 1. The summed E-state index contributed by atoms with van der Waals surface area (Å²) in [5.41, 5.74) is 4.99. The van der Waals surface area contributed by atoms with Crippen LogP contribution in [0, 0.1) is 5.82 Å². The van der Waals surface area contributed by atoms with Gasteiger partial charge in [0.2, 0.25) is 0 Å². The van der Waals surface area contributed by atoms with Crippen molar-refractivity contribution in [3.63, 3.8) is 0 Å². The Kier molecular flexibility index (Phi) is 3.23. The molecule has 19 heavy (non-hydrogen) atoms. The number of nitrogens with one attached hydrogen (secondary N) is 1. The van der Waals surface area contributed by atoms with Gasteiger partial charge in [-0.3, -0.25) is 9.59 Å². The highest BCUT2D eigenvalue weighted by atomic mass is 19.1. The fourth-order valence-corrected chi connectivity index (χ4v) is 1.47. The Balaban J connectivity index is 2.48. The number of aliphatic carboxylic acids is 1. The summed E-state index contributed by atoms with van der Waals surface area (Å²) in [4.78, 5) is 32.2. The molecule has 4 N–H and O–H groups in total. The Hall–Kier alpha value is -2.77. The average Bonchev–Trinajstić information content (AvgIpc) is 2.34. The number of halogens is 1. The molecule has 2 aromatic rings. The first kappa shape index (κ1) is 12.7. The van der Waals surface area contributed by atoms with E-state index < -0.39 is 23.8 Å². The second kappa shape index (κ2) is 4.84. The zero-order valence-electron chi connectivity index (χ0n) is 9.55. The van der Waals surface area contributed by atoms with E-state index in [2.05, 4.69) is 15.0 Å².